The highest BCUT2D eigenvalue weighted by molar-refractivity contribution is 5.91. The van der Waals surface area contributed by atoms with E-state index in [-0.39, 0.29) is 17.8 Å². The Morgan fingerprint density at radius 1 is 1.25 bits per heavy atom. The number of carbonyl (C=O) groups excluding carboxylic acids is 1. The molecule has 1 aromatic heterocycles. The van der Waals surface area contributed by atoms with Crippen molar-refractivity contribution in [2.45, 2.75) is 6.54 Å². The van der Waals surface area contributed by atoms with Crippen molar-refractivity contribution in [2.75, 3.05) is 7.05 Å². The Hall–Kier alpha value is -2.50. The first-order chi connectivity index (χ1) is 9.47. The number of H-pyrrole nitrogens is 1. The van der Waals surface area contributed by atoms with Crippen LogP contribution < -0.4 is 5.56 Å². The van der Waals surface area contributed by atoms with E-state index in [1.54, 1.807) is 0 Å². The molecular weight excluding hydrogens is 266 g/mol. The fourth-order valence-corrected chi connectivity index (χ4v) is 1.76. The van der Waals surface area contributed by atoms with Gasteiger partial charge < -0.3 is 9.88 Å². The van der Waals surface area contributed by atoms with E-state index in [4.69, 9.17) is 0 Å². The van der Waals surface area contributed by atoms with Crippen LogP contribution in [-0.2, 0) is 6.54 Å². The van der Waals surface area contributed by atoms with E-state index < -0.39 is 23.1 Å². The number of pyridine rings is 1. The molecule has 0 aliphatic carbocycles. The van der Waals surface area contributed by atoms with E-state index in [2.05, 4.69) is 4.98 Å². The highest BCUT2D eigenvalue weighted by atomic mass is 19.1. The second kappa shape index (κ2) is 5.64. The van der Waals surface area contributed by atoms with Gasteiger partial charge in [0.15, 0.2) is 0 Å². The highest BCUT2D eigenvalue weighted by Gasteiger charge is 2.14. The Bertz CT molecular complexity index is 698. The molecule has 20 heavy (non-hydrogen) atoms. The van der Waals surface area contributed by atoms with Gasteiger partial charge in [-0.25, -0.2) is 8.78 Å². The number of nitrogens with zero attached hydrogens (tertiary/aromatic N) is 1. The summed E-state index contributed by atoms with van der Waals surface area (Å²) in [5, 5.41) is 0. The fourth-order valence-electron chi connectivity index (χ4n) is 1.76. The standard InChI is InChI=1S/C14H12F2N2O2/c1-18(8-9-5-6-10(15)7-11(9)16)14(20)12-3-2-4-13(19)17-12/h2-7H,8H2,1H3,(H,17,19). The van der Waals surface area contributed by atoms with Crippen LogP contribution in [0.15, 0.2) is 41.2 Å². The van der Waals surface area contributed by atoms with Gasteiger partial charge in [-0.05, 0) is 12.1 Å². The number of nitrogens with one attached hydrogen (secondary N) is 1. The number of aromatic amines is 1. The smallest absolute Gasteiger partial charge is 0.270 e. The van der Waals surface area contributed by atoms with Crippen LogP contribution in [0.25, 0.3) is 0 Å². The van der Waals surface area contributed by atoms with Crippen molar-refractivity contribution in [1.82, 2.24) is 9.88 Å². The van der Waals surface area contributed by atoms with Crippen molar-refractivity contribution in [3.63, 3.8) is 0 Å². The van der Waals surface area contributed by atoms with Crippen molar-refractivity contribution in [2.24, 2.45) is 0 Å². The summed E-state index contributed by atoms with van der Waals surface area (Å²) in [4.78, 5) is 26.8. The number of amides is 1. The van der Waals surface area contributed by atoms with Gasteiger partial charge >= 0.3 is 0 Å². The molecule has 0 atom stereocenters. The topological polar surface area (TPSA) is 53.2 Å². The largest absolute Gasteiger partial charge is 0.336 e. The summed E-state index contributed by atoms with van der Waals surface area (Å²) < 4.78 is 26.3. The molecule has 0 aliphatic heterocycles. The van der Waals surface area contributed by atoms with Crippen LogP contribution in [0, 0.1) is 11.6 Å². The molecule has 0 bridgehead atoms. The lowest BCUT2D eigenvalue weighted by molar-refractivity contribution is 0.0777. The number of rotatable bonds is 3. The lowest BCUT2D eigenvalue weighted by atomic mass is 10.2. The van der Waals surface area contributed by atoms with Crippen LogP contribution in [0.3, 0.4) is 0 Å². The normalized spacial score (nSPS) is 10.3. The third-order valence-corrected chi connectivity index (χ3v) is 2.77. The number of aromatic nitrogens is 1. The first kappa shape index (κ1) is 13.9. The molecule has 0 aliphatic rings. The molecule has 4 nitrogen and oxygen atoms in total. The molecule has 0 unspecified atom stereocenters. The van der Waals surface area contributed by atoms with Crippen molar-refractivity contribution < 1.29 is 13.6 Å². The minimum Gasteiger partial charge on any atom is -0.336 e. The second-order valence-corrected chi connectivity index (χ2v) is 4.33. The van der Waals surface area contributed by atoms with Gasteiger partial charge in [-0.15, -0.1) is 0 Å². The van der Waals surface area contributed by atoms with E-state index in [0.717, 1.165) is 12.1 Å². The van der Waals surface area contributed by atoms with E-state index in [9.17, 15) is 18.4 Å². The number of hydrogen-bond acceptors (Lipinski definition) is 2. The molecular formula is C14H12F2N2O2. The van der Waals surface area contributed by atoms with Gasteiger partial charge in [-0.2, -0.15) is 0 Å². The lowest BCUT2D eigenvalue weighted by Crippen LogP contribution is -2.28. The molecule has 1 amide bonds. The predicted octanol–water partition coefficient (Wildman–Crippen LogP) is 1.93. The van der Waals surface area contributed by atoms with Gasteiger partial charge in [-0.1, -0.05) is 12.1 Å². The molecule has 1 heterocycles. The van der Waals surface area contributed by atoms with Gasteiger partial charge in [0.05, 0.1) is 0 Å². The van der Waals surface area contributed by atoms with Gasteiger partial charge in [0.1, 0.15) is 17.3 Å². The molecule has 1 N–H and O–H groups in total. The summed E-state index contributed by atoms with van der Waals surface area (Å²) in [6.07, 6.45) is 0. The fraction of sp³-hybridized carbons (Fsp3) is 0.143. The summed E-state index contributed by atoms with van der Waals surface area (Å²) >= 11 is 0. The van der Waals surface area contributed by atoms with Crippen LogP contribution in [0.1, 0.15) is 16.1 Å². The number of carbonyl (C=O) groups is 1. The maximum absolute atomic E-state index is 13.5. The summed E-state index contributed by atoms with van der Waals surface area (Å²) in [5.74, 6) is -1.84. The van der Waals surface area contributed by atoms with E-state index in [0.29, 0.717) is 0 Å². The Morgan fingerprint density at radius 2 is 2.00 bits per heavy atom. The molecule has 2 rings (SSSR count). The van der Waals surface area contributed by atoms with Crippen molar-refractivity contribution in [1.29, 1.82) is 0 Å². The zero-order valence-corrected chi connectivity index (χ0v) is 10.7. The van der Waals surface area contributed by atoms with Gasteiger partial charge in [0, 0.05) is 31.3 Å². The van der Waals surface area contributed by atoms with Crippen LogP contribution in [0.2, 0.25) is 0 Å². The maximum Gasteiger partial charge on any atom is 0.270 e. The first-order valence-electron chi connectivity index (χ1n) is 5.86. The average Bonchev–Trinajstić information content (AvgIpc) is 2.41. The summed E-state index contributed by atoms with van der Waals surface area (Å²) in [6, 6.07) is 7.37. The van der Waals surface area contributed by atoms with Crippen molar-refractivity contribution in [3.8, 4) is 0 Å². The minimum absolute atomic E-state index is 0.0259. The summed E-state index contributed by atoms with van der Waals surface area (Å²) in [7, 11) is 1.47. The Morgan fingerprint density at radius 3 is 2.65 bits per heavy atom. The van der Waals surface area contributed by atoms with Crippen LogP contribution in [0.4, 0.5) is 8.78 Å². The second-order valence-electron chi connectivity index (χ2n) is 4.33. The first-order valence-corrected chi connectivity index (χ1v) is 5.86. The molecule has 0 saturated carbocycles. The molecule has 104 valence electrons. The molecule has 0 saturated heterocycles. The molecule has 1 aromatic carbocycles. The van der Waals surface area contributed by atoms with E-state index >= 15 is 0 Å². The number of halogens is 2. The van der Waals surface area contributed by atoms with Crippen LogP contribution in [0.5, 0.6) is 0 Å². The third-order valence-electron chi connectivity index (χ3n) is 2.77. The van der Waals surface area contributed by atoms with Gasteiger partial charge in [-0.3, -0.25) is 9.59 Å². The molecule has 0 radical (unpaired) electrons. The number of benzene rings is 1. The van der Waals surface area contributed by atoms with Crippen molar-refractivity contribution >= 4 is 5.91 Å². The molecule has 0 fully saturated rings. The van der Waals surface area contributed by atoms with Crippen molar-refractivity contribution in [3.05, 3.63) is 69.6 Å². The monoisotopic (exact) mass is 278 g/mol. The molecule has 6 heteroatoms. The zero-order chi connectivity index (χ0) is 14.7. The average molecular weight is 278 g/mol. The minimum atomic E-state index is -0.716. The Kier molecular flexibility index (Phi) is 3.93. The predicted molar refractivity (Wildman–Crippen MR) is 69.2 cm³/mol. The quantitative estimate of drug-likeness (QED) is 0.932. The van der Waals surface area contributed by atoms with E-state index in [1.165, 1.54) is 36.2 Å². The molecule has 0 spiro atoms. The highest BCUT2D eigenvalue weighted by Crippen LogP contribution is 2.12. The molecule has 2 aromatic rings. The summed E-state index contributed by atoms with van der Waals surface area (Å²) in [6.45, 7) is -0.0259. The Labute approximate surface area is 113 Å². The third kappa shape index (κ3) is 3.09. The van der Waals surface area contributed by atoms with Gasteiger partial charge in [0.25, 0.3) is 5.91 Å². The van der Waals surface area contributed by atoms with E-state index in [1.807, 2.05) is 0 Å². The SMILES string of the molecule is CN(Cc1ccc(F)cc1F)C(=O)c1cccc(=O)[nH]1. The van der Waals surface area contributed by atoms with Crippen LogP contribution >= 0.6 is 0 Å². The maximum atomic E-state index is 13.5. The van der Waals surface area contributed by atoms with Crippen LogP contribution in [-0.4, -0.2) is 22.8 Å². The number of hydrogen-bond donors (Lipinski definition) is 1. The summed E-state index contributed by atoms with van der Waals surface area (Å²) in [5.41, 5.74) is -0.0831. The Balaban J connectivity index is 2.17. The zero-order valence-electron chi connectivity index (χ0n) is 10.7. The lowest BCUT2D eigenvalue weighted by Gasteiger charge is -2.17. The van der Waals surface area contributed by atoms with Gasteiger partial charge in [0.2, 0.25) is 5.56 Å².